The summed E-state index contributed by atoms with van der Waals surface area (Å²) in [6, 6.07) is 6.62. The number of aromatic nitrogens is 2. The summed E-state index contributed by atoms with van der Waals surface area (Å²) in [5, 5.41) is 6.08. The topological polar surface area (TPSA) is 41.0 Å². The Balaban J connectivity index is 1.80. The molecular formula is C13H16N4S. The molecular weight excluding hydrogens is 244 g/mol. The van der Waals surface area contributed by atoms with Crippen LogP contribution in [0.3, 0.4) is 0 Å². The minimum atomic E-state index is 0.461. The standard InChI is InChI=1S/C13H16N4S/c1-17-8-3-5-11(17)10-4-2-6-12(15-10)16-13-14-7-9-18-13/h2,4,6-7,9,11H,3,5,8H2,1H3,(H,14,15,16)/t11-/m1/s1. The number of hydrogen-bond acceptors (Lipinski definition) is 5. The minimum absolute atomic E-state index is 0.461. The maximum Gasteiger partial charge on any atom is 0.188 e. The Labute approximate surface area is 111 Å². The predicted octanol–water partition coefficient (Wildman–Crippen LogP) is 3.05. The summed E-state index contributed by atoms with van der Waals surface area (Å²) in [6.45, 7) is 1.16. The van der Waals surface area contributed by atoms with Gasteiger partial charge in [-0.1, -0.05) is 6.07 Å². The van der Waals surface area contributed by atoms with Crippen LogP contribution < -0.4 is 5.32 Å². The number of hydrogen-bond donors (Lipinski definition) is 1. The van der Waals surface area contributed by atoms with Crippen LogP contribution in [-0.2, 0) is 0 Å². The van der Waals surface area contributed by atoms with E-state index < -0.39 is 0 Å². The van der Waals surface area contributed by atoms with Crippen LogP contribution in [0.5, 0.6) is 0 Å². The second kappa shape index (κ2) is 5.04. The first-order chi connectivity index (χ1) is 8.83. The second-order valence-corrected chi connectivity index (χ2v) is 5.44. The van der Waals surface area contributed by atoms with Crippen LogP contribution in [0.1, 0.15) is 24.6 Å². The van der Waals surface area contributed by atoms with E-state index in [1.165, 1.54) is 12.8 Å². The molecule has 18 heavy (non-hydrogen) atoms. The van der Waals surface area contributed by atoms with Gasteiger partial charge in [0.15, 0.2) is 5.13 Å². The molecule has 0 radical (unpaired) electrons. The van der Waals surface area contributed by atoms with E-state index in [4.69, 9.17) is 4.98 Å². The fraction of sp³-hybridized carbons (Fsp3) is 0.385. The van der Waals surface area contributed by atoms with Gasteiger partial charge in [0.2, 0.25) is 0 Å². The van der Waals surface area contributed by atoms with Crippen LogP contribution in [0.25, 0.3) is 0 Å². The third kappa shape index (κ3) is 2.37. The maximum atomic E-state index is 4.69. The molecule has 2 aromatic rings. The van der Waals surface area contributed by atoms with Gasteiger partial charge in [0.1, 0.15) is 5.82 Å². The number of anilines is 2. The van der Waals surface area contributed by atoms with E-state index in [0.29, 0.717) is 6.04 Å². The lowest BCUT2D eigenvalue weighted by molar-refractivity contribution is 0.312. The lowest BCUT2D eigenvalue weighted by Crippen LogP contribution is -2.18. The molecule has 0 unspecified atom stereocenters. The highest BCUT2D eigenvalue weighted by molar-refractivity contribution is 7.13. The molecule has 94 valence electrons. The summed E-state index contributed by atoms with van der Waals surface area (Å²) in [5.41, 5.74) is 1.15. The second-order valence-electron chi connectivity index (χ2n) is 4.55. The molecule has 0 spiro atoms. The lowest BCUT2D eigenvalue weighted by atomic mass is 10.1. The van der Waals surface area contributed by atoms with E-state index in [-0.39, 0.29) is 0 Å². The van der Waals surface area contributed by atoms with Crippen molar-refractivity contribution in [3.8, 4) is 0 Å². The average molecular weight is 260 g/mol. The third-order valence-electron chi connectivity index (χ3n) is 3.30. The monoisotopic (exact) mass is 260 g/mol. The molecule has 1 N–H and O–H groups in total. The van der Waals surface area contributed by atoms with Gasteiger partial charge in [-0.2, -0.15) is 0 Å². The molecule has 3 heterocycles. The number of thiazole rings is 1. The number of nitrogens with one attached hydrogen (secondary N) is 1. The van der Waals surface area contributed by atoms with Crippen molar-refractivity contribution < 1.29 is 0 Å². The van der Waals surface area contributed by atoms with Crippen molar-refractivity contribution in [1.82, 2.24) is 14.9 Å². The Kier molecular flexibility index (Phi) is 3.25. The molecule has 0 amide bonds. The Bertz CT molecular complexity index is 511. The van der Waals surface area contributed by atoms with E-state index in [2.05, 4.69) is 34.4 Å². The van der Waals surface area contributed by atoms with Crippen molar-refractivity contribution >= 4 is 22.3 Å². The van der Waals surface area contributed by atoms with Crippen molar-refractivity contribution in [2.75, 3.05) is 18.9 Å². The molecule has 1 fully saturated rings. The van der Waals surface area contributed by atoms with Gasteiger partial charge in [0.05, 0.1) is 11.7 Å². The Morgan fingerprint density at radius 2 is 2.39 bits per heavy atom. The highest BCUT2D eigenvalue weighted by Crippen LogP contribution is 2.30. The van der Waals surface area contributed by atoms with Crippen molar-refractivity contribution in [1.29, 1.82) is 0 Å². The lowest BCUT2D eigenvalue weighted by Gasteiger charge is -2.19. The molecule has 0 aromatic carbocycles. The summed E-state index contributed by atoms with van der Waals surface area (Å²) in [6.07, 6.45) is 4.25. The molecule has 1 aliphatic rings. The van der Waals surface area contributed by atoms with Crippen LogP contribution in [-0.4, -0.2) is 28.5 Å². The molecule has 1 aliphatic heterocycles. The van der Waals surface area contributed by atoms with Gasteiger partial charge < -0.3 is 5.32 Å². The van der Waals surface area contributed by atoms with E-state index in [9.17, 15) is 0 Å². The number of nitrogens with zero attached hydrogens (tertiary/aromatic N) is 3. The van der Waals surface area contributed by atoms with Crippen molar-refractivity contribution in [2.45, 2.75) is 18.9 Å². The van der Waals surface area contributed by atoms with Gasteiger partial charge in [0, 0.05) is 11.6 Å². The minimum Gasteiger partial charge on any atom is -0.316 e. The Morgan fingerprint density at radius 1 is 1.44 bits per heavy atom. The van der Waals surface area contributed by atoms with Crippen LogP contribution in [0.2, 0.25) is 0 Å². The molecule has 5 heteroatoms. The van der Waals surface area contributed by atoms with Crippen molar-refractivity contribution in [2.24, 2.45) is 0 Å². The first-order valence-corrected chi connectivity index (χ1v) is 7.04. The Morgan fingerprint density at radius 3 is 3.11 bits per heavy atom. The number of likely N-dealkylation sites (tertiary alicyclic amines) is 1. The van der Waals surface area contributed by atoms with Gasteiger partial charge in [-0.25, -0.2) is 9.97 Å². The molecule has 0 bridgehead atoms. The zero-order valence-electron chi connectivity index (χ0n) is 10.3. The van der Waals surface area contributed by atoms with Crippen LogP contribution in [0.15, 0.2) is 29.8 Å². The highest BCUT2D eigenvalue weighted by atomic mass is 32.1. The molecule has 1 saturated heterocycles. The van der Waals surface area contributed by atoms with Gasteiger partial charge in [-0.05, 0) is 38.6 Å². The summed E-state index contributed by atoms with van der Waals surface area (Å²) in [7, 11) is 2.17. The first-order valence-electron chi connectivity index (χ1n) is 6.16. The highest BCUT2D eigenvalue weighted by Gasteiger charge is 2.23. The summed E-state index contributed by atoms with van der Waals surface area (Å²) < 4.78 is 0. The molecule has 0 saturated carbocycles. The first kappa shape index (κ1) is 11.6. The molecule has 2 aromatic heterocycles. The van der Waals surface area contributed by atoms with Gasteiger partial charge in [-0.15, -0.1) is 11.3 Å². The van der Waals surface area contributed by atoms with Crippen LogP contribution in [0.4, 0.5) is 10.9 Å². The summed E-state index contributed by atoms with van der Waals surface area (Å²) >= 11 is 1.58. The molecule has 3 rings (SSSR count). The zero-order valence-corrected chi connectivity index (χ0v) is 11.2. The molecule has 4 nitrogen and oxygen atoms in total. The fourth-order valence-electron chi connectivity index (χ4n) is 2.39. The zero-order chi connectivity index (χ0) is 12.4. The van der Waals surface area contributed by atoms with Crippen molar-refractivity contribution in [3.05, 3.63) is 35.5 Å². The average Bonchev–Trinajstić information content (AvgIpc) is 3.01. The van der Waals surface area contributed by atoms with Gasteiger partial charge >= 0.3 is 0 Å². The largest absolute Gasteiger partial charge is 0.316 e. The van der Waals surface area contributed by atoms with Crippen molar-refractivity contribution in [3.63, 3.8) is 0 Å². The van der Waals surface area contributed by atoms with E-state index in [1.807, 2.05) is 11.4 Å². The number of rotatable bonds is 3. The normalized spacial score (nSPS) is 20.2. The van der Waals surface area contributed by atoms with Gasteiger partial charge in [-0.3, -0.25) is 4.90 Å². The SMILES string of the molecule is CN1CCC[C@@H]1c1cccc(Nc2nccs2)n1. The molecule has 1 atom stereocenters. The predicted molar refractivity (Wildman–Crippen MR) is 74.2 cm³/mol. The fourth-order valence-corrected chi connectivity index (χ4v) is 2.92. The summed E-state index contributed by atoms with van der Waals surface area (Å²) in [5.74, 6) is 0.878. The number of pyridine rings is 1. The third-order valence-corrected chi connectivity index (χ3v) is 3.99. The van der Waals surface area contributed by atoms with Gasteiger partial charge in [0.25, 0.3) is 0 Å². The molecule has 0 aliphatic carbocycles. The Hall–Kier alpha value is -1.46. The maximum absolute atomic E-state index is 4.69. The quantitative estimate of drug-likeness (QED) is 0.921. The van der Waals surface area contributed by atoms with E-state index in [1.54, 1.807) is 17.5 Å². The van der Waals surface area contributed by atoms with E-state index in [0.717, 1.165) is 23.2 Å². The van der Waals surface area contributed by atoms with Crippen LogP contribution in [0, 0.1) is 0 Å². The smallest absolute Gasteiger partial charge is 0.188 e. The van der Waals surface area contributed by atoms with E-state index >= 15 is 0 Å². The summed E-state index contributed by atoms with van der Waals surface area (Å²) in [4.78, 5) is 11.3. The van der Waals surface area contributed by atoms with Crippen LogP contribution >= 0.6 is 11.3 Å².